The third-order valence-electron chi connectivity index (χ3n) is 4.67. The molecule has 0 unspecified atom stereocenters. The molecule has 4 nitrogen and oxygen atoms in total. The van der Waals surface area contributed by atoms with Gasteiger partial charge in [0.15, 0.2) is 0 Å². The SMILES string of the molecule is O=C(Cc1ccc(F)cc1)N1CCc2[nH]nc(-c3ccc(Cl)cc3)c2C1. The molecule has 3 aromatic rings. The number of carbonyl (C=O) groups excluding carboxylic acids is 1. The summed E-state index contributed by atoms with van der Waals surface area (Å²) in [6.07, 6.45) is 1.01. The van der Waals surface area contributed by atoms with Gasteiger partial charge in [-0.15, -0.1) is 0 Å². The zero-order chi connectivity index (χ0) is 18.1. The van der Waals surface area contributed by atoms with E-state index in [1.807, 2.05) is 29.2 Å². The number of halogens is 2. The Balaban J connectivity index is 1.53. The van der Waals surface area contributed by atoms with Gasteiger partial charge in [0.05, 0.1) is 12.1 Å². The molecule has 132 valence electrons. The zero-order valence-corrected chi connectivity index (χ0v) is 14.8. The van der Waals surface area contributed by atoms with Crippen LogP contribution in [0.15, 0.2) is 48.5 Å². The lowest BCUT2D eigenvalue weighted by atomic mass is 10.0. The summed E-state index contributed by atoms with van der Waals surface area (Å²) < 4.78 is 13.0. The molecule has 26 heavy (non-hydrogen) atoms. The number of fused-ring (bicyclic) bond motifs is 1. The normalized spacial score (nSPS) is 13.5. The lowest BCUT2D eigenvalue weighted by molar-refractivity contribution is -0.131. The third kappa shape index (κ3) is 3.35. The number of hydrogen-bond acceptors (Lipinski definition) is 2. The third-order valence-corrected chi connectivity index (χ3v) is 4.92. The van der Waals surface area contributed by atoms with E-state index in [4.69, 9.17) is 11.6 Å². The molecule has 0 saturated carbocycles. The largest absolute Gasteiger partial charge is 0.338 e. The van der Waals surface area contributed by atoms with Crippen molar-refractivity contribution >= 4 is 17.5 Å². The Labute approximate surface area is 155 Å². The lowest BCUT2D eigenvalue weighted by Crippen LogP contribution is -2.36. The summed E-state index contributed by atoms with van der Waals surface area (Å²) in [5, 5.41) is 8.20. The molecule has 1 aromatic heterocycles. The number of aromatic amines is 1. The van der Waals surface area contributed by atoms with E-state index in [-0.39, 0.29) is 18.1 Å². The molecule has 0 fully saturated rings. The highest BCUT2D eigenvalue weighted by molar-refractivity contribution is 6.30. The minimum Gasteiger partial charge on any atom is -0.338 e. The number of nitrogens with zero attached hydrogens (tertiary/aromatic N) is 2. The smallest absolute Gasteiger partial charge is 0.227 e. The Hall–Kier alpha value is -2.66. The number of hydrogen-bond donors (Lipinski definition) is 1. The number of nitrogens with one attached hydrogen (secondary N) is 1. The zero-order valence-electron chi connectivity index (χ0n) is 14.0. The second kappa shape index (κ2) is 6.92. The van der Waals surface area contributed by atoms with Gasteiger partial charge in [-0.25, -0.2) is 4.39 Å². The maximum absolute atomic E-state index is 13.0. The number of H-pyrrole nitrogens is 1. The molecule has 2 aromatic carbocycles. The molecule has 0 saturated heterocycles. The van der Waals surface area contributed by atoms with Gasteiger partial charge in [0, 0.05) is 41.4 Å². The Kier molecular flexibility index (Phi) is 4.47. The van der Waals surface area contributed by atoms with Gasteiger partial charge in [-0.05, 0) is 29.8 Å². The summed E-state index contributed by atoms with van der Waals surface area (Å²) in [5.41, 5.74) is 4.76. The average molecular weight is 370 g/mol. The van der Waals surface area contributed by atoms with E-state index in [1.54, 1.807) is 12.1 Å². The molecule has 1 N–H and O–H groups in total. The van der Waals surface area contributed by atoms with Crippen LogP contribution in [-0.4, -0.2) is 27.5 Å². The number of aromatic nitrogens is 2. The van der Waals surface area contributed by atoms with Crippen molar-refractivity contribution in [3.05, 3.63) is 76.2 Å². The van der Waals surface area contributed by atoms with E-state index in [0.717, 1.165) is 34.5 Å². The van der Waals surface area contributed by atoms with Crippen LogP contribution in [0.5, 0.6) is 0 Å². The van der Waals surface area contributed by atoms with Crippen molar-refractivity contribution in [2.24, 2.45) is 0 Å². The van der Waals surface area contributed by atoms with Crippen molar-refractivity contribution in [1.82, 2.24) is 15.1 Å². The summed E-state index contributed by atoms with van der Waals surface area (Å²) in [5.74, 6) is -0.264. The number of rotatable bonds is 3. The first kappa shape index (κ1) is 16.8. The molecule has 0 aliphatic carbocycles. The highest BCUT2D eigenvalue weighted by Gasteiger charge is 2.25. The second-order valence-corrected chi connectivity index (χ2v) is 6.84. The van der Waals surface area contributed by atoms with E-state index >= 15 is 0 Å². The van der Waals surface area contributed by atoms with Crippen molar-refractivity contribution in [2.45, 2.75) is 19.4 Å². The van der Waals surface area contributed by atoms with Crippen molar-refractivity contribution in [1.29, 1.82) is 0 Å². The van der Waals surface area contributed by atoms with Crippen LogP contribution in [0.4, 0.5) is 4.39 Å². The van der Waals surface area contributed by atoms with E-state index in [9.17, 15) is 9.18 Å². The van der Waals surface area contributed by atoms with E-state index in [0.29, 0.717) is 18.1 Å². The summed E-state index contributed by atoms with van der Waals surface area (Å²) >= 11 is 5.96. The summed E-state index contributed by atoms with van der Waals surface area (Å²) in [4.78, 5) is 14.5. The van der Waals surface area contributed by atoms with Crippen LogP contribution in [0.3, 0.4) is 0 Å². The van der Waals surface area contributed by atoms with Gasteiger partial charge in [0.25, 0.3) is 0 Å². The number of benzene rings is 2. The average Bonchev–Trinajstić information content (AvgIpc) is 3.07. The fraction of sp³-hybridized carbons (Fsp3) is 0.200. The van der Waals surface area contributed by atoms with Crippen LogP contribution in [0.25, 0.3) is 11.3 Å². The highest BCUT2D eigenvalue weighted by atomic mass is 35.5. The fourth-order valence-electron chi connectivity index (χ4n) is 3.24. The molecule has 1 aliphatic heterocycles. The van der Waals surface area contributed by atoms with Gasteiger partial charge in [0.2, 0.25) is 5.91 Å². The summed E-state index contributed by atoms with van der Waals surface area (Å²) in [6, 6.07) is 13.6. The van der Waals surface area contributed by atoms with E-state index < -0.39 is 0 Å². The maximum Gasteiger partial charge on any atom is 0.227 e. The molecule has 6 heteroatoms. The van der Waals surface area contributed by atoms with E-state index in [2.05, 4.69) is 10.2 Å². The molecule has 0 atom stereocenters. The fourth-order valence-corrected chi connectivity index (χ4v) is 3.37. The van der Waals surface area contributed by atoms with Crippen molar-refractivity contribution < 1.29 is 9.18 Å². The van der Waals surface area contributed by atoms with Crippen LogP contribution < -0.4 is 0 Å². The van der Waals surface area contributed by atoms with Gasteiger partial charge >= 0.3 is 0 Å². The number of amides is 1. The van der Waals surface area contributed by atoms with Crippen molar-refractivity contribution in [3.8, 4) is 11.3 Å². The van der Waals surface area contributed by atoms with Gasteiger partial charge in [0.1, 0.15) is 5.82 Å². The highest BCUT2D eigenvalue weighted by Crippen LogP contribution is 2.29. The molecule has 0 bridgehead atoms. The van der Waals surface area contributed by atoms with Crippen molar-refractivity contribution in [2.75, 3.05) is 6.54 Å². The van der Waals surface area contributed by atoms with Gasteiger partial charge in [-0.1, -0.05) is 35.9 Å². The predicted molar refractivity (Wildman–Crippen MR) is 98.3 cm³/mol. The molecule has 0 spiro atoms. The molecular weight excluding hydrogens is 353 g/mol. The van der Waals surface area contributed by atoms with Gasteiger partial charge in [-0.3, -0.25) is 9.89 Å². The quantitative estimate of drug-likeness (QED) is 0.758. The Bertz CT molecular complexity index is 935. The van der Waals surface area contributed by atoms with Crippen LogP contribution in [0, 0.1) is 5.82 Å². The van der Waals surface area contributed by atoms with E-state index in [1.165, 1.54) is 12.1 Å². The molecule has 2 heterocycles. The molecule has 1 aliphatic rings. The molecular formula is C20H17ClFN3O. The molecule has 0 radical (unpaired) electrons. The second-order valence-electron chi connectivity index (χ2n) is 6.40. The van der Waals surface area contributed by atoms with Crippen molar-refractivity contribution in [3.63, 3.8) is 0 Å². The monoisotopic (exact) mass is 369 g/mol. The first-order chi connectivity index (χ1) is 12.6. The Morgan fingerprint density at radius 1 is 1.15 bits per heavy atom. The van der Waals surface area contributed by atoms with Gasteiger partial charge in [-0.2, -0.15) is 5.10 Å². The lowest BCUT2D eigenvalue weighted by Gasteiger charge is -2.27. The Morgan fingerprint density at radius 3 is 2.62 bits per heavy atom. The summed E-state index contributed by atoms with van der Waals surface area (Å²) in [7, 11) is 0. The van der Waals surface area contributed by atoms with Crippen LogP contribution in [0.2, 0.25) is 5.02 Å². The topological polar surface area (TPSA) is 49.0 Å². The standard InChI is InChI=1S/C20H17ClFN3O/c21-15-5-3-14(4-6-15)20-17-12-25(10-9-18(17)23-24-20)19(26)11-13-1-7-16(22)8-2-13/h1-8H,9-12H2,(H,23,24). The van der Waals surface area contributed by atoms with Crippen LogP contribution >= 0.6 is 11.6 Å². The predicted octanol–water partition coefficient (Wildman–Crippen LogP) is 4.00. The number of carbonyl (C=O) groups is 1. The molecule has 1 amide bonds. The van der Waals surface area contributed by atoms with Crippen LogP contribution in [0.1, 0.15) is 16.8 Å². The maximum atomic E-state index is 13.0. The summed E-state index contributed by atoms with van der Waals surface area (Å²) in [6.45, 7) is 1.17. The molecule has 4 rings (SSSR count). The minimum absolute atomic E-state index is 0.0329. The van der Waals surface area contributed by atoms with Crippen LogP contribution in [-0.2, 0) is 24.2 Å². The first-order valence-electron chi connectivity index (χ1n) is 8.44. The Morgan fingerprint density at radius 2 is 1.88 bits per heavy atom. The first-order valence-corrected chi connectivity index (χ1v) is 8.82. The minimum atomic E-state index is -0.296. The van der Waals surface area contributed by atoms with Gasteiger partial charge < -0.3 is 4.90 Å².